The molecule has 0 aliphatic carbocycles. The van der Waals surface area contributed by atoms with Crippen LogP contribution in [0.2, 0.25) is 5.28 Å². The van der Waals surface area contributed by atoms with E-state index in [-0.39, 0.29) is 40.3 Å². The fraction of sp³-hybridized carbons (Fsp3) is 0.368. The van der Waals surface area contributed by atoms with E-state index < -0.39 is 27.5 Å². The Kier molecular flexibility index (Phi) is 6.47. The van der Waals surface area contributed by atoms with E-state index in [1.165, 1.54) is 6.92 Å². The number of rotatable bonds is 6. The first kappa shape index (κ1) is 23.9. The number of fused-ring (bicyclic) bond motifs is 1. The smallest absolute Gasteiger partial charge is 0.361 e. The molecule has 2 atom stereocenters. The number of alkyl halides is 3. The predicted molar refractivity (Wildman–Crippen MR) is 116 cm³/mol. The van der Waals surface area contributed by atoms with Gasteiger partial charge in [0.25, 0.3) is 5.56 Å². The first-order valence-corrected chi connectivity index (χ1v) is 11.6. The van der Waals surface area contributed by atoms with Crippen LogP contribution in [-0.4, -0.2) is 35.7 Å². The average molecular weight is 489 g/mol. The predicted octanol–water partition coefficient (Wildman–Crippen LogP) is 4.31. The highest BCUT2D eigenvalue weighted by molar-refractivity contribution is 7.92. The maximum atomic E-state index is 13.5. The van der Waals surface area contributed by atoms with E-state index in [0.29, 0.717) is 15.0 Å². The van der Waals surface area contributed by atoms with Crippen LogP contribution in [0.4, 0.5) is 19.0 Å². The van der Waals surface area contributed by atoms with Crippen molar-refractivity contribution in [2.45, 2.75) is 44.4 Å². The van der Waals surface area contributed by atoms with Gasteiger partial charge in [0.1, 0.15) is 11.6 Å². The Morgan fingerprint density at radius 3 is 2.41 bits per heavy atom. The molecule has 0 fully saturated rings. The first-order chi connectivity index (χ1) is 14.8. The Balaban J connectivity index is 2.04. The molecule has 2 N–H and O–H groups in total. The molecule has 8 nitrogen and oxygen atoms in total. The van der Waals surface area contributed by atoms with Crippen molar-refractivity contribution < 1.29 is 17.4 Å². The molecule has 13 heteroatoms. The molecule has 32 heavy (non-hydrogen) atoms. The molecule has 0 spiro atoms. The second-order valence-corrected chi connectivity index (χ2v) is 9.80. The van der Waals surface area contributed by atoms with Gasteiger partial charge in [0.2, 0.25) is 5.28 Å². The zero-order valence-corrected chi connectivity index (χ0v) is 18.9. The van der Waals surface area contributed by atoms with Crippen molar-refractivity contribution in [3.63, 3.8) is 0 Å². The minimum absolute atomic E-state index is 0.0137. The molecule has 3 rings (SSSR count). The largest absolute Gasteiger partial charge is 0.409 e. The maximum Gasteiger partial charge on any atom is 0.409 e. The minimum Gasteiger partial charge on any atom is -0.361 e. The molecule has 0 radical (unpaired) electrons. The van der Waals surface area contributed by atoms with Gasteiger partial charge in [0, 0.05) is 17.2 Å². The number of nitrogens with zero attached hydrogens (tertiary/aromatic N) is 4. The van der Waals surface area contributed by atoms with E-state index in [4.69, 9.17) is 16.4 Å². The number of halogens is 4. The van der Waals surface area contributed by atoms with E-state index in [0.717, 1.165) is 6.92 Å². The van der Waals surface area contributed by atoms with Gasteiger partial charge in [0.15, 0.2) is 11.5 Å². The summed E-state index contributed by atoms with van der Waals surface area (Å²) < 4.78 is 60.9. The Morgan fingerprint density at radius 1 is 1.22 bits per heavy atom. The third-order valence-electron chi connectivity index (χ3n) is 4.92. The van der Waals surface area contributed by atoms with E-state index in [2.05, 4.69) is 20.3 Å². The summed E-state index contributed by atoms with van der Waals surface area (Å²) in [5, 5.41) is 2.47. The second-order valence-electron chi connectivity index (χ2n) is 7.06. The molecule has 0 bridgehead atoms. The Labute approximate surface area is 186 Å². The monoisotopic (exact) mass is 488 g/mol. The summed E-state index contributed by atoms with van der Waals surface area (Å²) in [6.45, 7) is 4.07. The first-order valence-electron chi connectivity index (χ1n) is 9.47. The van der Waals surface area contributed by atoms with Gasteiger partial charge in [-0.1, -0.05) is 19.1 Å². The summed E-state index contributed by atoms with van der Waals surface area (Å²) in [6.07, 6.45) is -4.71. The van der Waals surface area contributed by atoms with Gasteiger partial charge in [-0.05, 0) is 43.1 Å². The lowest BCUT2D eigenvalue weighted by Gasteiger charge is -2.21. The van der Waals surface area contributed by atoms with E-state index in [1.807, 2.05) is 0 Å². The van der Waals surface area contributed by atoms with Crippen LogP contribution >= 0.6 is 11.6 Å². The zero-order chi connectivity index (χ0) is 23.8. The van der Waals surface area contributed by atoms with E-state index in [1.54, 1.807) is 31.2 Å². The molecule has 0 saturated heterocycles. The molecular weight excluding hydrogens is 469 g/mol. The van der Waals surface area contributed by atoms with Crippen molar-refractivity contribution in [3.05, 3.63) is 51.2 Å². The SMILES string of the molecule is CCS(=N)(=O)c1ccc(CNc2nc3c(C)nc(Cl)nc3n([C@@H](C)C(F)(F)F)c2=O)cc1. The topological polar surface area (TPSA) is 114 Å². The van der Waals surface area contributed by atoms with Crippen molar-refractivity contribution >= 4 is 38.3 Å². The molecule has 0 saturated carbocycles. The molecule has 0 aliphatic heterocycles. The van der Waals surface area contributed by atoms with E-state index in [9.17, 15) is 22.2 Å². The van der Waals surface area contributed by atoms with E-state index >= 15 is 0 Å². The zero-order valence-electron chi connectivity index (χ0n) is 17.3. The third-order valence-corrected chi connectivity index (χ3v) is 6.93. The maximum absolute atomic E-state index is 13.5. The Bertz CT molecular complexity index is 1320. The summed E-state index contributed by atoms with van der Waals surface area (Å²) in [5.74, 6) is -0.127. The molecule has 1 unspecified atom stereocenters. The van der Waals surface area contributed by atoms with Gasteiger partial charge in [-0.3, -0.25) is 9.36 Å². The number of hydrogen-bond donors (Lipinski definition) is 2. The highest BCUT2D eigenvalue weighted by atomic mass is 35.5. The molecule has 3 aromatic rings. The van der Waals surface area contributed by atoms with Gasteiger partial charge >= 0.3 is 6.18 Å². The van der Waals surface area contributed by atoms with Gasteiger partial charge in [0.05, 0.1) is 15.4 Å². The minimum atomic E-state index is -4.71. The van der Waals surface area contributed by atoms with Crippen molar-refractivity contribution in [1.29, 1.82) is 4.78 Å². The van der Waals surface area contributed by atoms with Gasteiger partial charge < -0.3 is 5.32 Å². The lowest BCUT2D eigenvalue weighted by molar-refractivity contribution is -0.162. The standard InChI is InChI=1S/C19H20ClF3N6O2S/c1-4-32(24,31)13-7-5-12(6-8-13)9-25-15-17(30)29(11(3)19(21,22)23)16-14(27-15)10(2)26-18(20)28-16/h5-8,11,24H,4,9H2,1-3H3,(H,25,27)/t11-,32?/m0/s1. The summed E-state index contributed by atoms with van der Waals surface area (Å²) >= 11 is 5.81. The van der Waals surface area contributed by atoms with Crippen molar-refractivity contribution in [1.82, 2.24) is 19.5 Å². The molecular formula is C19H20ClF3N6O2S. The van der Waals surface area contributed by atoms with Crippen LogP contribution in [0.15, 0.2) is 34.0 Å². The van der Waals surface area contributed by atoms with Crippen LogP contribution in [0.1, 0.15) is 31.1 Å². The summed E-state index contributed by atoms with van der Waals surface area (Å²) in [5.41, 5.74) is -0.425. The Hall–Kier alpha value is -2.73. The molecule has 0 aliphatic rings. The average Bonchev–Trinajstić information content (AvgIpc) is 2.71. The van der Waals surface area contributed by atoms with Gasteiger partial charge in [-0.15, -0.1) is 0 Å². The lowest BCUT2D eigenvalue weighted by Crippen LogP contribution is -2.35. The van der Waals surface area contributed by atoms with Crippen LogP contribution in [0, 0.1) is 11.7 Å². The molecule has 172 valence electrons. The molecule has 0 amide bonds. The van der Waals surface area contributed by atoms with Crippen LogP contribution in [-0.2, 0) is 16.3 Å². The summed E-state index contributed by atoms with van der Waals surface area (Å²) in [4.78, 5) is 25.2. The van der Waals surface area contributed by atoms with Crippen molar-refractivity contribution in [3.8, 4) is 0 Å². The highest BCUT2D eigenvalue weighted by Gasteiger charge is 2.39. The van der Waals surface area contributed by atoms with Crippen LogP contribution in [0.5, 0.6) is 0 Å². The van der Waals surface area contributed by atoms with Crippen LogP contribution in [0.25, 0.3) is 11.2 Å². The Morgan fingerprint density at radius 2 is 1.84 bits per heavy atom. The number of nitrogens with one attached hydrogen (secondary N) is 2. The highest BCUT2D eigenvalue weighted by Crippen LogP contribution is 2.31. The number of aryl methyl sites for hydroxylation is 1. The third kappa shape index (κ3) is 4.70. The van der Waals surface area contributed by atoms with Gasteiger partial charge in [-0.25, -0.2) is 19.0 Å². The number of anilines is 1. The number of aromatic nitrogens is 4. The fourth-order valence-corrected chi connectivity index (χ4v) is 4.10. The number of benzene rings is 1. The lowest BCUT2D eigenvalue weighted by atomic mass is 10.2. The molecule has 1 aromatic carbocycles. The second kappa shape index (κ2) is 8.66. The van der Waals surface area contributed by atoms with Gasteiger partial charge in [-0.2, -0.15) is 18.2 Å². The quantitative estimate of drug-likeness (QED) is 0.500. The molecule has 2 aromatic heterocycles. The summed E-state index contributed by atoms with van der Waals surface area (Å²) in [6, 6.07) is 4.17. The number of hydrogen-bond acceptors (Lipinski definition) is 7. The summed E-state index contributed by atoms with van der Waals surface area (Å²) in [7, 11) is -2.87. The normalized spacial score (nSPS) is 14.8. The fourth-order valence-electron chi connectivity index (χ4n) is 2.99. The van der Waals surface area contributed by atoms with Crippen molar-refractivity contribution in [2.75, 3.05) is 11.1 Å². The van der Waals surface area contributed by atoms with Crippen LogP contribution < -0.4 is 10.9 Å². The van der Waals surface area contributed by atoms with Crippen molar-refractivity contribution in [2.24, 2.45) is 0 Å². The molecule has 2 heterocycles. The van der Waals surface area contributed by atoms with Crippen LogP contribution in [0.3, 0.4) is 0 Å².